The van der Waals surface area contributed by atoms with E-state index in [2.05, 4.69) is 9.47 Å². The highest BCUT2D eigenvalue weighted by atomic mass is 16.5. The molecule has 0 unspecified atom stereocenters. The van der Waals surface area contributed by atoms with Crippen molar-refractivity contribution in [1.82, 2.24) is 19.0 Å². The number of rotatable bonds is 6. The second-order valence-corrected chi connectivity index (χ2v) is 9.09. The van der Waals surface area contributed by atoms with Gasteiger partial charge >= 0.3 is 6.09 Å². The van der Waals surface area contributed by atoms with Gasteiger partial charge in [-0.1, -0.05) is 6.07 Å². The fraction of sp³-hybridized carbons (Fsp3) is 0.480. The van der Waals surface area contributed by atoms with Gasteiger partial charge in [0.15, 0.2) is 0 Å². The van der Waals surface area contributed by atoms with Gasteiger partial charge in [0.05, 0.1) is 29.9 Å². The lowest BCUT2D eigenvalue weighted by Crippen LogP contribution is -2.41. The van der Waals surface area contributed by atoms with E-state index in [-0.39, 0.29) is 11.6 Å². The van der Waals surface area contributed by atoms with Crippen LogP contribution in [0.25, 0.3) is 11.0 Å². The van der Waals surface area contributed by atoms with Crippen LogP contribution in [0.2, 0.25) is 0 Å². The number of pyridine rings is 1. The lowest BCUT2D eigenvalue weighted by molar-refractivity contribution is 0.0364. The van der Waals surface area contributed by atoms with Crippen LogP contribution in [0.3, 0.4) is 0 Å². The van der Waals surface area contributed by atoms with Gasteiger partial charge in [-0.2, -0.15) is 0 Å². The Balaban J connectivity index is 1.52. The fourth-order valence-corrected chi connectivity index (χ4v) is 5.14. The van der Waals surface area contributed by atoms with E-state index in [0.29, 0.717) is 13.0 Å². The third kappa shape index (κ3) is 4.33. The number of hydrogen-bond acceptors (Lipinski definition) is 5. The molecule has 34 heavy (non-hydrogen) atoms. The summed E-state index contributed by atoms with van der Waals surface area (Å²) in [6.07, 6.45) is 3.07. The lowest BCUT2D eigenvalue weighted by Gasteiger charge is -2.33. The molecule has 2 aliphatic rings. The van der Waals surface area contributed by atoms with Crippen molar-refractivity contribution in [3.05, 3.63) is 58.3 Å². The number of anilines is 1. The molecule has 0 aliphatic carbocycles. The number of ether oxygens (including phenoxy) is 1. The first-order valence-corrected chi connectivity index (χ1v) is 12.0. The van der Waals surface area contributed by atoms with Crippen LogP contribution in [0.1, 0.15) is 24.7 Å². The standard InChI is InChI=1S/C25H31N5O4/c1-18-5-6-19-20(30(18)25(32)33)7-8-21-24(19)26-22(9-11-28-10-3-2-4-23(28)31)29(21)13-12-27-14-16-34-17-15-27/h2-4,7-8,10,18H,5-6,9,11-17H2,1H3,(H,32,33)/t18-/m0/s1. The largest absolute Gasteiger partial charge is 0.465 e. The molecule has 1 saturated heterocycles. The van der Waals surface area contributed by atoms with Gasteiger partial charge < -0.3 is 19.0 Å². The predicted molar refractivity (Wildman–Crippen MR) is 130 cm³/mol. The number of benzene rings is 1. The summed E-state index contributed by atoms with van der Waals surface area (Å²) in [5.41, 5.74) is 3.63. The first-order chi connectivity index (χ1) is 16.5. The number of nitrogens with zero attached hydrogens (tertiary/aromatic N) is 5. The third-order valence-corrected chi connectivity index (χ3v) is 7.02. The van der Waals surface area contributed by atoms with Crippen LogP contribution in [0, 0.1) is 0 Å². The molecular formula is C25H31N5O4. The zero-order chi connectivity index (χ0) is 23.7. The molecule has 2 aromatic heterocycles. The van der Waals surface area contributed by atoms with Crippen LogP contribution >= 0.6 is 0 Å². The zero-order valence-corrected chi connectivity index (χ0v) is 19.5. The predicted octanol–water partition coefficient (Wildman–Crippen LogP) is 2.59. The van der Waals surface area contributed by atoms with Crippen LogP contribution in [0.4, 0.5) is 10.5 Å². The van der Waals surface area contributed by atoms with E-state index in [1.54, 1.807) is 22.9 Å². The average Bonchev–Trinajstić information content (AvgIpc) is 3.20. The Morgan fingerprint density at radius 3 is 2.74 bits per heavy atom. The summed E-state index contributed by atoms with van der Waals surface area (Å²) in [6, 6.07) is 9.06. The number of fused-ring (bicyclic) bond motifs is 3. The molecule has 0 bridgehead atoms. The van der Waals surface area contributed by atoms with Crippen LogP contribution in [-0.2, 0) is 30.7 Å². The Hall–Kier alpha value is -3.17. The van der Waals surface area contributed by atoms with E-state index < -0.39 is 6.09 Å². The van der Waals surface area contributed by atoms with Crippen molar-refractivity contribution in [2.24, 2.45) is 0 Å². The second-order valence-electron chi connectivity index (χ2n) is 9.09. The maximum Gasteiger partial charge on any atom is 0.412 e. The summed E-state index contributed by atoms with van der Waals surface area (Å²) in [6.45, 7) is 7.52. The fourth-order valence-electron chi connectivity index (χ4n) is 5.14. The van der Waals surface area contributed by atoms with Crippen molar-refractivity contribution < 1.29 is 14.6 Å². The topological polar surface area (TPSA) is 92.8 Å². The Labute approximate surface area is 198 Å². The third-order valence-electron chi connectivity index (χ3n) is 7.02. The van der Waals surface area contributed by atoms with E-state index in [0.717, 1.165) is 80.3 Å². The van der Waals surface area contributed by atoms with Crippen molar-refractivity contribution in [3.63, 3.8) is 0 Å². The normalized spacial score (nSPS) is 18.9. The van der Waals surface area contributed by atoms with Crippen LogP contribution in [0.15, 0.2) is 41.3 Å². The molecule has 1 atom stereocenters. The summed E-state index contributed by atoms with van der Waals surface area (Å²) >= 11 is 0. The number of hydrogen-bond donors (Lipinski definition) is 1. The summed E-state index contributed by atoms with van der Waals surface area (Å²) in [4.78, 5) is 33.1. The number of imidazole rings is 1. The molecular weight excluding hydrogens is 434 g/mol. The minimum Gasteiger partial charge on any atom is -0.465 e. The molecule has 0 radical (unpaired) electrons. The number of aromatic nitrogens is 3. The smallest absolute Gasteiger partial charge is 0.412 e. The van der Waals surface area contributed by atoms with Gasteiger partial charge in [-0.05, 0) is 38.0 Å². The maximum absolute atomic E-state index is 12.2. The summed E-state index contributed by atoms with van der Waals surface area (Å²) in [5, 5.41) is 9.80. The molecule has 1 fully saturated rings. The highest BCUT2D eigenvalue weighted by molar-refractivity contribution is 5.94. The van der Waals surface area contributed by atoms with Gasteiger partial charge in [0.1, 0.15) is 5.82 Å². The van der Waals surface area contributed by atoms with Gasteiger partial charge in [0.25, 0.3) is 5.56 Å². The van der Waals surface area contributed by atoms with Crippen molar-refractivity contribution in [1.29, 1.82) is 0 Å². The molecule has 5 rings (SSSR count). The van der Waals surface area contributed by atoms with Gasteiger partial charge in [0, 0.05) is 63.0 Å². The quantitative estimate of drug-likeness (QED) is 0.602. The molecule has 0 saturated carbocycles. The first-order valence-electron chi connectivity index (χ1n) is 12.0. The van der Waals surface area contributed by atoms with Crippen molar-refractivity contribution in [2.45, 2.75) is 45.3 Å². The molecule has 1 aromatic carbocycles. The minimum absolute atomic E-state index is 0.0260. The second kappa shape index (κ2) is 9.60. The molecule has 9 heteroatoms. The van der Waals surface area contributed by atoms with Gasteiger partial charge in [-0.3, -0.25) is 14.6 Å². The highest BCUT2D eigenvalue weighted by Gasteiger charge is 2.30. The van der Waals surface area contributed by atoms with E-state index in [9.17, 15) is 14.7 Å². The average molecular weight is 466 g/mol. The monoisotopic (exact) mass is 465 g/mol. The number of carbonyl (C=O) groups is 1. The summed E-state index contributed by atoms with van der Waals surface area (Å²) < 4.78 is 9.44. The van der Waals surface area contributed by atoms with Crippen LogP contribution in [-0.4, -0.2) is 69.1 Å². The first kappa shape index (κ1) is 22.6. The van der Waals surface area contributed by atoms with Gasteiger partial charge in [-0.15, -0.1) is 0 Å². The van der Waals surface area contributed by atoms with E-state index >= 15 is 0 Å². The van der Waals surface area contributed by atoms with Crippen molar-refractivity contribution >= 4 is 22.8 Å². The molecule has 1 N–H and O–H groups in total. The Kier molecular flexibility index (Phi) is 6.38. The molecule has 3 aromatic rings. The minimum atomic E-state index is -0.928. The van der Waals surface area contributed by atoms with Gasteiger partial charge in [-0.25, -0.2) is 9.78 Å². The number of morpholine rings is 1. The highest BCUT2D eigenvalue weighted by Crippen LogP contribution is 2.36. The molecule has 1 amide bonds. The van der Waals surface area contributed by atoms with E-state index in [1.165, 1.54) is 4.90 Å². The summed E-state index contributed by atoms with van der Waals surface area (Å²) in [5.74, 6) is 0.924. The van der Waals surface area contributed by atoms with Crippen LogP contribution in [0.5, 0.6) is 0 Å². The van der Waals surface area contributed by atoms with Crippen LogP contribution < -0.4 is 10.5 Å². The Bertz CT molecular complexity index is 1240. The zero-order valence-electron chi connectivity index (χ0n) is 19.5. The SMILES string of the molecule is C[C@H]1CCc2c(ccc3c2nc(CCn2ccccc2=O)n3CCN2CCOCC2)N1C(=O)O. The molecule has 2 aliphatic heterocycles. The summed E-state index contributed by atoms with van der Waals surface area (Å²) in [7, 11) is 0. The maximum atomic E-state index is 12.2. The van der Waals surface area contributed by atoms with Crippen molar-refractivity contribution in [3.8, 4) is 0 Å². The molecule has 180 valence electrons. The number of aryl methyl sites for hydroxylation is 3. The van der Waals surface area contributed by atoms with Gasteiger partial charge in [0.2, 0.25) is 0 Å². The molecule has 4 heterocycles. The Morgan fingerprint density at radius 1 is 1.15 bits per heavy atom. The molecule has 0 spiro atoms. The number of carboxylic acid groups (broad SMARTS) is 1. The van der Waals surface area contributed by atoms with E-state index in [4.69, 9.17) is 9.72 Å². The van der Waals surface area contributed by atoms with Crippen molar-refractivity contribution in [2.75, 3.05) is 37.7 Å². The van der Waals surface area contributed by atoms with E-state index in [1.807, 2.05) is 25.1 Å². The Morgan fingerprint density at radius 2 is 1.97 bits per heavy atom. The lowest BCUT2D eigenvalue weighted by atomic mass is 9.96. The molecule has 9 nitrogen and oxygen atoms in total. The number of amides is 1.